The molecular formula is C16H19NO2. The fraction of sp³-hybridized carbons (Fsp3) is 0.250. The molecule has 0 aliphatic heterocycles. The second kappa shape index (κ2) is 6.14. The van der Waals surface area contributed by atoms with Crippen molar-refractivity contribution in [3.05, 3.63) is 54.1 Å². The Kier molecular flexibility index (Phi) is 4.29. The highest BCUT2D eigenvalue weighted by molar-refractivity contribution is 5.46. The molecule has 100 valence electrons. The summed E-state index contributed by atoms with van der Waals surface area (Å²) in [6, 6.07) is 15.5. The van der Waals surface area contributed by atoms with Crippen molar-refractivity contribution in [1.29, 1.82) is 0 Å². The van der Waals surface area contributed by atoms with Gasteiger partial charge in [0.05, 0.1) is 7.11 Å². The van der Waals surface area contributed by atoms with E-state index in [1.165, 1.54) is 5.56 Å². The number of aromatic hydroxyl groups is 1. The molecule has 0 aliphatic rings. The Morgan fingerprint density at radius 1 is 1.05 bits per heavy atom. The van der Waals surface area contributed by atoms with Crippen molar-refractivity contribution in [1.82, 2.24) is 0 Å². The summed E-state index contributed by atoms with van der Waals surface area (Å²) in [5.41, 5.74) is 2.28. The van der Waals surface area contributed by atoms with Crippen LogP contribution in [0.3, 0.4) is 0 Å². The average Bonchev–Trinajstić information content (AvgIpc) is 2.42. The van der Waals surface area contributed by atoms with Crippen molar-refractivity contribution in [2.45, 2.75) is 19.4 Å². The largest absolute Gasteiger partial charge is 0.508 e. The van der Waals surface area contributed by atoms with Gasteiger partial charge < -0.3 is 15.2 Å². The van der Waals surface area contributed by atoms with Crippen molar-refractivity contribution in [3.8, 4) is 11.5 Å². The number of benzene rings is 2. The van der Waals surface area contributed by atoms with E-state index in [4.69, 9.17) is 4.74 Å². The first-order valence-electron chi connectivity index (χ1n) is 6.36. The van der Waals surface area contributed by atoms with E-state index in [1.54, 1.807) is 19.2 Å². The fourth-order valence-corrected chi connectivity index (χ4v) is 2.01. The van der Waals surface area contributed by atoms with E-state index in [9.17, 15) is 5.11 Å². The Balaban J connectivity index is 1.92. The zero-order chi connectivity index (χ0) is 13.7. The predicted octanol–water partition coefficient (Wildman–Crippen LogP) is 3.44. The molecule has 3 nitrogen and oxygen atoms in total. The van der Waals surface area contributed by atoms with Crippen LogP contribution in [0.1, 0.15) is 12.5 Å². The van der Waals surface area contributed by atoms with Gasteiger partial charge in [0.25, 0.3) is 0 Å². The van der Waals surface area contributed by atoms with E-state index in [0.717, 1.165) is 17.9 Å². The molecule has 0 spiro atoms. The first kappa shape index (κ1) is 13.3. The Bertz CT molecular complexity index is 505. The van der Waals surface area contributed by atoms with E-state index in [2.05, 4.69) is 24.4 Å². The average molecular weight is 257 g/mol. The molecule has 2 N–H and O–H groups in total. The van der Waals surface area contributed by atoms with Crippen LogP contribution in [0.5, 0.6) is 11.5 Å². The molecule has 1 atom stereocenters. The maximum absolute atomic E-state index is 9.24. The molecule has 2 aromatic carbocycles. The van der Waals surface area contributed by atoms with Crippen LogP contribution in [0.25, 0.3) is 0 Å². The van der Waals surface area contributed by atoms with E-state index < -0.39 is 0 Å². The van der Waals surface area contributed by atoms with Crippen LogP contribution in [0.2, 0.25) is 0 Å². The van der Waals surface area contributed by atoms with E-state index in [-0.39, 0.29) is 5.75 Å². The molecule has 1 unspecified atom stereocenters. The lowest BCUT2D eigenvalue weighted by Crippen LogP contribution is -2.17. The minimum Gasteiger partial charge on any atom is -0.508 e. The highest BCUT2D eigenvalue weighted by atomic mass is 16.5. The summed E-state index contributed by atoms with van der Waals surface area (Å²) < 4.78 is 5.14. The first-order chi connectivity index (χ1) is 9.17. The molecule has 0 aliphatic carbocycles. The second-order valence-corrected chi connectivity index (χ2v) is 4.64. The monoisotopic (exact) mass is 257 g/mol. The van der Waals surface area contributed by atoms with Gasteiger partial charge in [0.15, 0.2) is 0 Å². The van der Waals surface area contributed by atoms with Crippen LogP contribution in [-0.2, 0) is 6.42 Å². The van der Waals surface area contributed by atoms with Crippen molar-refractivity contribution >= 4 is 5.69 Å². The summed E-state index contributed by atoms with van der Waals surface area (Å²) in [5.74, 6) is 1.16. The Morgan fingerprint density at radius 3 is 2.26 bits per heavy atom. The fourth-order valence-electron chi connectivity index (χ4n) is 2.01. The number of phenolic OH excluding ortho intramolecular Hbond substituents is 1. The number of phenols is 1. The highest BCUT2D eigenvalue weighted by Gasteiger charge is 2.04. The van der Waals surface area contributed by atoms with Crippen molar-refractivity contribution in [2.75, 3.05) is 12.4 Å². The molecule has 0 amide bonds. The maximum atomic E-state index is 9.24. The number of rotatable bonds is 5. The van der Waals surface area contributed by atoms with Crippen LogP contribution in [0, 0.1) is 0 Å². The standard InChI is InChI=1S/C16H19NO2/c1-12(17-14-5-7-15(18)8-6-14)11-13-3-9-16(19-2)10-4-13/h3-10,12,17-18H,11H2,1-2H3. The van der Waals surface area contributed by atoms with Gasteiger partial charge in [0.2, 0.25) is 0 Å². The van der Waals surface area contributed by atoms with E-state index in [0.29, 0.717) is 6.04 Å². The number of hydrogen-bond acceptors (Lipinski definition) is 3. The zero-order valence-electron chi connectivity index (χ0n) is 11.3. The normalized spacial score (nSPS) is 11.9. The predicted molar refractivity (Wildman–Crippen MR) is 77.9 cm³/mol. The molecule has 19 heavy (non-hydrogen) atoms. The lowest BCUT2D eigenvalue weighted by molar-refractivity contribution is 0.414. The smallest absolute Gasteiger partial charge is 0.118 e. The molecule has 0 aromatic heterocycles. The molecule has 0 fully saturated rings. The minimum absolute atomic E-state index is 0.286. The van der Waals surface area contributed by atoms with Crippen LogP contribution in [0.15, 0.2) is 48.5 Å². The van der Waals surface area contributed by atoms with Crippen LogP contribution in [-0.4, -0.2) is 18.3 Å². The summed E-state index contributed by atoms with van der Waals surface area (Å²) in [7, 11) is 1.67. The number of nitrogens with one attached hydrogen (secondary N) is 1. The van der Waals surface area contributed by atoms with Gasteiger partial charge in [-0.2, -0.15) is 0 Å². The number of hydrogen-bond donors (Lipinski definition) is 2. The Labute approximate surface area is 113 Å². The number of anilines is 1. The van der Waals surface area contributed by atoms with E-state index in [1.807, 2.05) is 24.3 Å². The first-order valence-corrected chi connectivity index (χ1v) is 6.36. The summed E-state index contributed by atoms with van der Waals surface area (Å²) in [6.45, 7) is 2.14. The number of ether oxygens (including phenoxy) is 1. The topological polar surface area (TPSA) is 41.5 Å². The second-order valence-electron chi connectivity index (χ2n) is 4.64. The lowest BCUT2D eigenvalue weighted by atomic mass is 10.1. The third-order valence-corrected chi connectivity index (χ3v) is 2.98. The summed E-state index contributed by atoms with van der Waals surface area (Å²) in [6.07, 6.45) is 0.935. The molecule has 2 rings (SSSR count). The third-order valence-electron chi connectivity index (χ3n) is 2.98. The molecule has 0 heterocycles. The minimum atomic E-state index is 0.286. The van der Waals surface area contributed by atoms with E-state index >= 15 is 0 Å². The van der Waals surface area contributed by atoms with Crippen LogP contribution >= 0.6 is 0 Å². The molecule has 2 aromatic rings. The molecule has 0 bridgehead atoms. The summed E-state index contributed by atoms with van der Waals surface area (Å²) in [5, 5.41) is 12.6. The summed E-state index contributed by atoms with van der Waals surface area (Å²) >= 11 is 0. The van der Waals surface area contributed by atoms with Gasteiger partial charge in [-0.25, -0.2) is 0 Å². The van der Waals surface area contributed by atoms with Gasteiger partial charge in [0.1, 0.15) is 11.5 Å². The summed E-state index contributed by atoms with van der Waals surface area (Å²) in [4.78, 5) is 0. The lowest BCUT2D eigenvalue weighted by Gasteiger charge is -2.15. The van der Waals surface area contributed by atoms with Crippen molar-refractivity contribution in [2.24, 2.45) is 0 Å². The van der Waals surface area contributed by atoms with Crippen molar-refractivity contribution in [3.63, 3.8) is 0 Å². The van der Waals surface area contributed by atoms with Gasteiger partial charge in [-0.05, 0) is 55.3 Å². The SMILES string of the molecule is COc1ccc(CC(C)Nc2ccc(O)cc2)cc1. The molecule has 0 radical (unpaired) electrons. The third kappa shape index (κ3) is 3.91. The Morgan fingerprint density at radius 2 is 1.68 bits per heavy atom. The Hall–Kier alpha value is -2.16. The highest BCUT2D eigenvalue weighted by Crippen LogP contribution is 2.17. The maximum Gasteiger partial charge on any atom is 0.118 e. The van der Waals surface area contributed by atoms with Gasteiger partial charge in [-0.1, -0.05) is 12.1 Å². The van der Waals surface area contributed by atoms with Gasteiger partial charge in [-0.15, -0.1) is 0 Å². The van der Waals surface area contributed by atoms with Gasteiger partial charge >= 0.3 is 0 Å². The van der Waals surface area contributed by atoms with Gasteiger partial charge in [-0.3, -0.25) is 0 Å². The molecule has 0 saturated heterocycles. The van der Waals surface area contributed by atoms with Gasteiger partial charge in [0, 0.05) is 11.7 Å². The number of methoxy groups -OCH3 is 1. The zero-order valence-corrected chi connectivity index (χ0v) is 11.3. The molecule has 0 saturated carbocycles. The quantitative estimate of drug-likeness (QED) is 0.806. The van der Waals surface area contributed by atoms with Crippen LogP contribution in [0.4, 0.5) is 5.69 Å². The van der Waals surface area contributed by atoms with Crippen LogP contribution < -0.4 is 10.1 Å². The molecular weight excluding hydrogens is 238 g/mol. The van der Waals surface area contributed by atoms with Crippen molar-refractivity contribution < 1.29 is 9.84 Å². The molecule has 3 heteroatoms.